The van der Waals surface area contributed by atoms with E-state index in [1.165, 1.54) is 23.1 Å². The van der Waals surface area contributed by atoms with Gasteiger partial charge in [0, 0.05) is 23.5 Å². The Labute approximate surface area is 171 Å². The molecule has 1 aliphatic rings. The van der Waals surface area contributed by atoms with Gasteiger partial charge >= 0.3 is 0 Å². The zero-order valence-electron chi connectivity index (χ0n) is 16.2. The zero-order valence-corrected chi connectivity index (χ0v) is 16.2. The number of carbonyl (C=O) groups excluding carboxylic acids is 1. The number of fused-ring (bicyclic) bond motifs is 1. The lowest BCUT2D eigenvalue weighted by Crippen LogP contribution is -2.31. The molecular weight excluding hydrogens is 388 g/mol. The molecule has 1 amide bonds. The van der Waals surface area contributed by atoms with Crippen molar-refractivity contribution in [3.8, 4) is 5.75 Å². The molecule has 0 unspecified atom stereocenters. The molecule has 0 aliphatic carbocycles. The van der Waals surface area contributed by atoms with E-state index in [4.69, 9.17) is 4.74 Å². The number of nitrogens with one attached hydrogen (secondary N) is 2. The van der Waals surface area contributed by atoms with Crippen molar-refractivity contribution in [3.63, 3.8) is 0 Å². The second kappa shape index (κ2) is 7.66. The van der Waals surface area contributed by atoms with Gasteiger partial charge in [0.25, 0.3) is 11.6 Å². The molecule has 30 heavy (non-hydrogen) atoms. The molecule has 152 valence electrons. The Morgan fingerprint density at radius 1 is 1.27 bits per heavy atom. The Hall–Kier alpha value is -4.21. The molecule has 2 N–H and O–H groups in total. The first-order valence-corrected chi connectivity index (χ1v) is 9.05. The minimum atomic E-state index is -0.679. The molecule has 2 heterocycles. The van der Waals surface area contributed by atoms with Gasteiger partial charge in [-0.1, -0.05) is 12.1 Å². The fourth-order valence-corrected chi connectivity index (χ4v) is 3.37. The number of rotatable bonds is 5. The van der Waals surface area contributed by atoms with Crippen molar-refractivity contribution in [1.82, 2.24) is 14.8 Å². The van der Waals surface area contributed by atoms with E-state index in [1.54, 1.807) is 50.4 Å². The summed E-state index contributed by atoms with van der Waals surface area (Å²) >= 11 is 0. The highest BCUT2D eigenvalue weighted by Crippen LogP contribution is 2.36. The quantitative estimate of drug-likeness (QED) is 0.493. The molecule has 3 aromatic rings. The average Bonchev–Trinajstić information content (AvgIpc) is 3.21. The Balaban J connectivity index is 1.74. The van der Waals surface area contributed by atoms with Gasteiger partial charge < -0.3 is 15.4 Å². The third-order valence-electron chi connectivity index (χ3n) is 4.78. The van der Waals surface area contributed by atoms with Gasteiger partial charge in [-0.15, -0.1) is 0 Å². The number of non-ortho nitro benzene ring substituents is 1. The highest BCUT2D eigenvalue weighted by Gasteiger charge is 2.34. The van der Waals surface area contributed by atoms with E-state index in [2.05, 4.69) is 20.7 Å². The van der Waals surface area contributed by atoms with Crippen LogP contribution in [0.5, 0.6) is 5.75 Å². The van der Waals surface area contributed by atoms with Gasteiger partial charge in [0.15, 0.2) is 0 Å². The predicted octanol–water partition coefficient (Wildman–Crippen LogP) is 3.12. The van der Waals surface area contributed by atoms with Crippen molar-refractivity contribution in [3.05, 3.63) is 81.8 Å². The second-order valence-electron chi connectivity index (χ2n) is 6.63. The number of carbonyl (C=O) groups is 1. The number of aromatic nitrogens is 3. The first kappa shape index (κ1) is 19.1. The van der Waals surface area contributed by atoms with Crippen molar-refractivity contribution in [1.29, 1.82) is 0 Å². The number of methoxy groups -OCH3 is 1. The number of anilines is 2. The lowest BCUT2D eigenvalue weighted by Gasteiger charge is -2.28. The molecule has 4 rings (SSSR count). The van der Waals surface area contributed by atoms with Crippen LogP contribution >= 0.6 is 0 Å². The monoisotopic (exact) mass is 406 g/mol. The molecule has 10 nitrogen and oxygen atoms in total. The van der Waals surface area contributed by atoms with Gasteiger partial charge in [-0.3, -0.25) is 14.9 Å². The summed E-state index contributed by atoms with van der Waals surface area (Å²) in [6.07, 6.45) is 1.37. The lowest BCUT2D eigenvalue weighted by atomic mass is 9.94. The Bertz CT molecular complexity index is 1150. The van der Waals surface area contributed by atoms with Crippen LogP contribution in [0.1, 0.15) is 18.5 Å². The highest BCUT2D eigenvalue weighted by molar-refractivity contribution is 6.06. The summed E-state index contributed by atoms with van der Waals surface area (Å²) in [6, 6.07) is 12.4. The first-order chi connectivity index (χ1) is 14.5. The van der Waals surface area contributed by atoms with E-state index < -0.39 is 11.0 Å². The molecule has 10 heteroatoms. The molecule has 1 aromatic heterocycles. The number of nitro groups is 1. The van der Waals surface area contributed by atoms with E-state index in [9.17, 15) is 14.9 Å². The molecule has 1 aliphatic heterocycles. The molecule has 0 spiro atoms. The second-order valence-corrected chi connectivity index (χ2v) is 6.63. The van der Waals surface area contributed by atoms with Crippen molar-refractivity contribution < 1.29 is 14.5 Å². The minimum absolute atomic E-state index is 0.0692. The van der Waals surface area contributed by atoms with Crippen LogP contribution in [0.4, 0.5) is 17.3 Å². The summed E-state index contributed by atoms with van der Waals surface area (Å²) in [5.41, 5.74) is 2.03. The third-order valence-corrected chi connectivity index (χ3v) is 4.78. The standard InChI is InChI=1S/C20H18N6O4/c1-12-17(19(27)24-14-6-8-16(30-2)9-7-14)18(25-20(23-12)21-11-22-25)13-4-3-5-15(10-13)26(28)29/h3-11,18H,1-2H3,(H,24,27)(H,21,22,23)/t18-/m0/s1. The summed E-state index contributed by atoms with van der Waals surface area (Å²) in [5, 5.41) is 21.4. The number of allylic oxidation sites excluding steroid dienone is 1. The van der Waals surface area contributed by atoms with Crippen LogP contribution in [0.2, 0.25) is 0 Å². The van der Waals surface area contributed by atoms with Crippen LogP contribution < -0.4 is 15.4 Å². The number of ether oxygens (including phenoxy) is 1. The number of hydrogen-bond donors (Lipinski definition) is 2. The average molecular weight is 406 g/mol. The lowest BCUT2D eigenvalue weighted by molar-refractivity contribution is -0.384. The van der Waals surface area contributed by atoms with Gasteiger partial charge in [-0.25, -0.2) is 4.68 Å². The smallest absolute Gasteiger partial charge is 0.269 e. The third kappa shape index (κ3) is 3.46. The van der Waals surface area contributed by atoms with Crippen molar-refractivity contribution in [2.45, 2.75) is 13.0 Å². The van der Waals surface area contributed by atoms with Crippen LogP contribution in [0.25, 0.3) is 0 Å². The number of nitrogens with zero attached hydrogens (tertiary/aromatic N) is 4. The van der Waals surface area contributed by atoms with Crippen LogP contribution in [0, 0.1) is 10.1 Å². The van der Waals surface area contributed by atoms with Gasteiger partial charge in [-0.05, 0) is 36.8 Å². The summed E-state index contributed by atoms with van der Waals surface area (Å²) in [6.45, 7) is 1.76. The number of benzene rings is 2. The van der Waals surface area contributed by atoms with E-state index >= 15 is 0 Å². The topological polar surface area (TPSA) is 124 Å². The summed E-state index contributed by atoms with van der Waals surface area (Å²) in [5.74, 6) is 0.761. The van der Waals surface area contributed by atoms with Crippen LogP contribution in [-0.2, 0) is 4.79 Å². The largest absolute Gasteiger partial charge is 0.497 e. The van der Waals surface area contributed by atoms with Gasteiger partial charge in [0.1, 0.15) is 18.1 Å². The molecule has 0 fully saturated rings. The predicted molar refractivity (Wildman–Crippen MR) is 109 cm³/mol. The van der Waals surface area contributed by atoms with Gasteiger partial charge in [-0.2, -0.15) is 10.1 Å². The fraction of sp³-hybridized carbons (Fsp3) is 0.150. The Morgan fingerprint density at radius 3 is 2.73 bits per heavy atom. The van der Waals surface area contributed by atoms with Crippen molar-refractivity contribution in [2.75, 3.05) is 17.7 Å². The molecule has 0 saturated heterocycles. The molecular formula is C20H18N6O4. The SMILES string of the molecule is COc1ccc(NC(=O)C2=C(C)Nc3ncnn3[C@H]2c2cccc([N+](=O)[O-])c2)cc1. The number of amides is 1. The minimum Gasteiger partial charge on any atom is -0.497 e. The van der Waals surface area contributed by atoms with Crippen LogP contribution in [0.3, 0.4) is 0 Å². The maximum atomic E-state index is 13.2. The number of nitro benzene ring substituents is 1. The fourth-order valence-electron chi connectivity index (χ4n) is 3.37. The maximum Gasteiger partial charge on any atom is 0.269 e. The van der Waals surface area contributed by atoms with Crippen LogP contribution in [0.15, 0.2) is 66.1 Å². The van der Waals surface area contributed by atoms with E-state index in [0.717, 1.165) is 0 Å². The molecule has 0 saturated carbocycles. The zero-order chi connectivity index (χ0) is 21.3. The van der Waals surface area contributed by atoms with Crippen molar-refractivity contribution in [2.24, 2.45) is 0 Å². The number of hydrogen-bond acceptors (Lipinski definition) is 7. The molecule has 1 atom stereocenters. The summed E-state index contributed by atoms with van der Waals surface area (Å²) in [7, 11) is 1.56. The van der Waals surface area contributed by atoms with Gasteiger partial charge in [0.2, 0.25) is 5.95 Å². The van der Waals surface area contributed by atoms with Gasteiger partial charge in [0.05, 0.1) is 17.6 Å². The molecule has 0 radical (unpaired) electrons. The van der Waals surface area contributed by atoms with Crippen molar-refractivity contribution >= 4 is 23.2 Å². The summed E-state index contributed by atoms with van der Waals surface area (Å²) < 4.78 is 6.67. The van der Waals surface area contributed by atoms with E-state index in [1.807, 2.05) is 0 Å². The first-order valence-electron chi connectivity index (χ1n) is 9.05. The molecule has 0 bridgehead atoms. The Morgan fingerprint density at radius 2 is 2.03 bits per heavy atom. The molecule has 2 aromatic carbocycles. The summed E-state index contributed by atoms with van der Waals surface area (Å²) in [4.78, 5) is 28.2. The Kier molecular flexibility index (Phi) is 4.88. The van der Waals surface area contributed by atoms with E-state index in [-0.39, 0.29) is 11.6 Å². The maximum absolute atomic E-state index is 13.2. The normalized spacial score (nSPS) is 15.2. The highest BCUT2D eigenvalue weighted by atomic mass is 16.6. The van der Waals surface area contributed by atoms with E-state index in [0.29, 0.717) is 34.2 Å². The van der Waals surface area contributed by atoms with Crippen LogP contribution in [-0.4, -0.2) is 32.7 Å².